The van der Waals surface area contributed by atoms with Crippen molar-refractivity contribution >= 4 is 22.0 Å². The number of carbonyl (C=O) groups excluding carboxylic acids is 1. The number of hydrogen-bond acceptors (Lipinski definition) is 4. The summed E-state index contributed by atoms with van der Waals surface area (Å²) in [7, 11) is 1.65. The predicted molar refractivity (Wildman–Crippen MR) is 105 cm³/mol. The highest BCUT2D eigenvalue weighted by molar-refractivity contribution is 9.10. The van der Waals surface area contributed by atoms with Crippen molar-refractivity contribution in [1.82, 2.24) is 10.6 Å². The Bertz CT molecular complexity index is 566. The molecule has 0 radical (unpaired) electrons. The van der Waals surface area contributed by atoms with Crippen LogP contribution in [0.4, 0.5) is 4.79 Å². The van der Waals surface area contributed by atoms with Crippen LogP contribution in [-0.2, 0) is 11.3 Å². The van der Waals surface area contributed by atoms with Gasteiger partial charge in [0.15, 0.2) is 0 Å². The van der Waals surface area contributed by atoms with Crippen LogP contribution in [0.15, 0.2) is 22.7 Å². The molecule has 0 bridgehead atoms. The van der Waals surface area contributed by atoms with E-state index in [0.29, 0.717) is 13.1 Å². The fraction of sp³-hybridized carbons (Fsp3) is 0.632. The molecular formula is C19H31BrN2O3. The first-order valence-electron chi connectivity index (χ1n) is 8.69. The molecule has 0 aliphatic rings. The summed E-state index contributed by atoms with van der Waals surface area (Å²) in [6.07, 6.45) is 1.27. The summed E-state index contributed by atoms with van der Waals surface area (Å²) in [4.78, 5) is 12.2. The molecule has 1 aromatic rings. The van der Waals surface area contributed by atoms with Gasteiger partial charge in [0.2, 0.25) is 0 Å². The second-order valence-corrected chi connectivity index (χ2v) is 8.04. The molecule has 0 spiro atoms. The van der Waals surface area contributed by atoms with Gasteiger partial charge in [-0.3, -0.25) is 0 Å². The van der Waals surface area contributed by atoms with E-state index in [1.807, 2.05) is 39.0 Å². The van der Waals surface area contributed by atoms with E-state index in [4.69, 9.17) is 9.47 Å². The molecule has 0 saturated heterocycles. The molecule has 0 unspecified atom stereocenters. The topological polar surface area (TPSA) is 59.6 Å². The average molecular weight is 415 g/mol. The zero-order valence-electron chi connectivity index (χ0n) is 16.2. The molecule has 0 fully saturated rings. The summed E-state index contributed by atoms with van der Waals surface area (Å²) >= 11 is 3.50. The van der Waals surface area contributed by atoms with Gasteiger partial charge in [0.1, 0.15) is 11.4 Å². The molecule has 1 amide bonds. The van der Waals surface area contributed by atoms with Gasteiger partial charge in [0, 0.05) is 13.1 Å². The lowest BCUT2D eigenvalue weighted by molar-refractivity contribution is 0.0446. The first-order valence-corrected chi connectivity index (χ1v) is 9.48. The normalized spacial score (nSPS) is 12.0. The van der Waals surface area contributed by atoms with Crippen molar-refractivity contribution in [3.8, 4) is 5.75 Å². The van der Waals surface area contributed by atoms with Gasteiger partial charge in [-0.25, -0.2) is 4.79 Å². The Morgan fingerprint density at radius 3 is 2.32 bits per heavy atom. The summed E-state index contributed by atoms with van der Waals surface area (Å²) in [6, 6.07) is 6.00. The zero-order valence-corrected chi connectivity index (χ0v) is 17.7. The van der Waals surface area contributed by atoms with Crippen molar-refractivity contribution < 1.29 is 14.3 Å². The Labute approximate surface area is 160 Å². The Morgan fingerprint density at radius 1 is 1.20 bits per heavy atom. The standard InChI is InChI=1S/C19H31BrN2O3/c1-7-19(8-2,22-17(23)25-18(3,4)5)13-21-12-14-9-10-16(24-6)15(20)11-14/h9-11,21H,7-8,12-13H2,1-6H3,(H,22,23). The number of amides is 1. The summed E-state index contributed by atoms with van der Waals surface area (Å²) in [5.41, 5.74) is 0.317. The molecular weight excluding hydrogens is 384 g/mol. The van der Waals surface area contributed by atoms with Crippen LogP contribution in [0, 0.1) is 0 Å². The van der Waals surface area contributed by atoms with Crippen LogP contribution < -0.4 is 15.4 Å². The lowest BCUT2D eigenvalue weighted by Crippen LogP contribution is -2.55. The number of benzene rings is 1. The van der Waals surface area contributed by atoms with E-state index in [1.54, 1.807) is 7.11 Å². The van der Waals surface area contributed by atoms with Crippen molar-refractivity contribution in [2.75, 3.05) is 13.7 Å². The second kappa shape index (κ2) is 9.43. The summed E-state index contributed by atoms with van der Waals surface area (Å²) in [5.74, 6) is 0.812. The molecule has 0 heterocycles. The van der Waals surface area contributed by atoms with Gasteiger partial charge >= 0.3 is 6.09 Å². The van der Waals surface area contributed by atoms with Gasteiger partial charge in [-0.2, -0.15) is 0 Å². The summed E-state index contributed by atoms with van der Waals surface area (Å²) in [5, 5.41) is 6.49. The van der Waals surface area contributed by atoms with E-state index in [9.17, 15) is 4.79 Å². The van der Waals surface area contributed by atoms with Crippen LogP contribution in [0.1, 0.15) is 53.0 Å². The van der Waals surface area contributed by atoms with Crippen molar-refractivity contribution in [3.05, 3.63) is 28.2 Å². The van der Waals surface area contributed by atoms with Crippen LogP contribution >= 0.6 is 15.9 Å². The minimum absolute atomic E-state index is 0.327. The van der Waals surface area contributed by atoms with Crippen LogP contribution in [-0.4, -0.2) is 30.9 Å². The fourth-order valence-electron chi connectivity index (χ4n) is 2.51. The summed E-state index contributed by atoms with van der Waals surface area (Å²) < 4.78 is 11.6. The van der Waals surface area contributed by atoms with Crippen LogP contribution in [0.3, 0.4) is 0 Å². The van der Waals surface area contributed by atoms with Crippen LogP contribution in [0.5, 0.6) is 5.75 Å². The highest BCUT2D eigenvalue weighted by Crippen LogP contribution is 2.25. The first-order chi connectivity index (χ1) is 11.6. The molecule has 0 saturated carbocycles. The molecule has 25 heavy (non-hydrogen) atoms. The Morgan fingerprint density at radius 2 is 1.84 bits per heavy atom. The third-order valence-corrected chi connectivity index (χ3v) is 4.75. The molecule has 2 N–H and O–H groups in total. The van der Waals surface area contributed by atoms with Gasteiger partial charge in [-0.1, -0.05) is 19.9 Å². The Balaban J connectivity index is 2.65. The van der Waals surface area contributed by atoms with E-state index in [1.165, 1.54) is 0 Å². The fourth-order valence-corrected chi connectivity index (χ4v) is 3.10. The van der Waals surface area contributed by atoms with Gasteiger partial charge in [-0.05, 0) is 67.2 Å². The van der Waals surface area contributed by atoms with E-state index >= 15 is 0 Å². The van der Waals surface area contributed by atoms with Gasteiger partial charge in [0.25, 0.3) is 0 Å². The maximum Gasteiger partial charge on any atom is 0.408 e. The van der Waals surface area contributed by atoms with Crippen molar-refractivity contribution in [2.24, 2.45) is 0 Å². The monoisotopic (exact) mass is 414 g/mol. The number of ether oxygens (including phenoxy) is 2. The quantitative estimate of drug-likeness (QED) is 0.650. The molecule has 0 atom stereocenters. The number of rotatable bonds is 8. The van der Waals surface area contributed by atoms with Gasteiger partial charge < -0.3 is 20.1 Å². The number of nitrogens with one attached hydrogen (secondary N) is 2. The van der Waals surface area contributed by atoms with Gasteiger partial charge in [0.05, 0.1) is 17.1 Å². The van der Waals surface area contributed by atoms with Crippen molar-refractivity contribution in [1.29, 1.82) is 0 Å². The summed E-state index contributed by atoms with van der Waals surface area (Å²) in [6.45, 7) is 11.1. The molecule has 142 valence electrons. The van der Waals surface area contributed by atoms with Crippen molar-refractivity contribution in [3.63, 3.8) is 0 Å². The second-order valence-electron chi connectivity index (χ2n) is 7.19. The van der Waals surface area contributed by atoms with E-state index in [-0.39, 0.29) is 11.6 Å². The molecule has 5 nitrogen and oxygen atoms in total. The predicted octanol–water partition coefficient (Wildman–Crippen LogP) is 4.63. The number of carbonyl (C=O) groups is 1. The highest BCUT2D eigenvalue weighted by atomic mass is 79.9. The highest BCUT2D eigenvalue weighted by Gasteiger charge is 2.30. The van der Waals surface area contributed by atoms with E-state index < -0.39 is 5.60 Å². The lowest BCUT2D eigenvalue weighted by atomic mass is 9.92. The third kappa shape index (κ3) is 7.24. The molecule has 0 aromatic heterocycles. The van der Waals surface area contributed by atoms with E-state index in [0.717, 1.165) is 28.6 Å². The van der Waals surface area contributed by atoms with Crippen LogP contribution in [0.2, 0.25) is 0 Å². The Hall–Kier alpha value is -1.27. The lowest BCUT2D eigenvalue weighted by Gasteiger charge is -2.34. The largest absolute Gasteiger partial charge is 0.496 e. The first kappa shape index (κ1) is 21.8. The molecule has 0 aliphatic carbocycles. The van der Waals surface area contributed by atoms with Crippen LogP contribution in [0.25, 0.3) is 0 Å². The molecule has 1 aromatic carbocycles. The average Bonchev–Trinajstić information content (AvgIpc) is 2.52. The number of halogens is 1. The van der Waals surface area contributed by atoms with E-state index in [2.05, 4.69) is 40.4 Å². The molecule has 0 aliphatic heterocycles. The zero-order chi connectivity index (χ0) is 19.1. The van der Waals surface area contributed by atoms with Gasteiger partial charge in [-0.15, -0.1) is 0 Å². The smallest absolute Gasteiger partial charge is 0.408 e. The number of hydrogen-bond donors (Lipinski definition) is 2. The number of methoxy groups -OCH3 is 1. The Kier molecular flexibility index (Phi) is 8.22. The SMILES string of the molecule is CCC(CC)(CNCc1ccc(OC)c(Br)c1)NC(=O)OC(C)(C)C. The third-order valence-electron chi connectivity index (χ3n) is 4.13. The maximum absolute atomic E-state index is 12.2. The number of alkyl carbamates (subject to hydrolysis) is 1. The molecule has 1 rings (SSSR count). The van der Waals surface area contributed by atoms with Crippen molar-refractivity contribution in [2.45, 2.75) is 65.1 Å². The maximum atomic E-state index is 12.2. The minimum atomic E-state index is -0.500. The minimum Gasteiger partial charge on any atom is -0.496 e. The molecule has 6 heteroatoms.